The van der Waals surface area contributed by atoms with Gasteiger partial charge in [0.15, 0.2) is 5.82 Å². The van der Waals surface area contributed by atoms with Crippen LogP contribution < -0.4 is 16.4 Å². The van der Waals surface area contributed by atoms with Gasteiger partial charge in [0, 0.05) is 30.3 Å². The Bertz CT molecular complexity index is 944. The van der Waals surface area contributed by atoms with Crippen LogP contribution in [-0.4, -0.2) is 45.0 Å². The number of phenolic OH excluding ortho intramolecular Hbond substituents is 1. The third-order valence-electron chi connectivity index (χ3n) is 5.18. The highest BCUT2D eigenvalue weighted by atomic mass is 19.4. The summed E-state index contributed by atoms with van der Waals surface area (Å²) >= 11 is 0. The van der Waals surface area contributed by atoms with Crippen LogP contribution in [-0.2, 0) is 17.5 Å². The smallest absolute Gasteiger partial charge is 0.416 e. The summed E-state index contributed by atoms with van der Waals surface area (Å²) < 4.78 is 38.5. The first-order chi connectivity index (χ1) is 14.1. The molecular weight excluding hydrogens is 403 g/mol. The third kappa shape index (κ3) is 4.46. The number of carbonyl (C=O) groups is 1. The Balaban J connectivity index is 1.86. The van der Waals surface area contributed by atoms with Gasteiger partial charge in [-0.1, -0.05) is 0 Å². The number of halogens is 3. The van der Waals surface area contributed by atoms with E-state index in [1.165, 1.54) is 0 Å². The Hall–Kier alpha value is -2.92. The SMILES string of the molecule is Cc1c(-c2ccc(C(F)(F)F)cc2O)nnc(N[C@@H]2CC[C@H](C(=O)O)NC2)c1CN. The number of nitrogens with zero attached hydrogens (tertiary/aromatic N) is 2. The lowest BCUT2D eigenvalue weighted by atomic mass is 9.99. The molecule has 1 saturated heterocycles. The summed E-state index contributed by atoms with van der Waals surface area (Å²) in [5.41, 5.74) is 6.46. The number of alkyl halides is 3. The molecule has 0 radical (unpaired) electrons. The molecule has 3 rings (SSSR count). The second kappa shape index (κ2) is 8.44. The van der Waals surface area contributed by atoms with Crippen LogP contribution in [0, 0.1) is 6.92 Å². The number of piperidine rings is 1. The molecule has 2 aromatic rings. The first-order valence-corrected chi connectivity index (χ1v) is 9.31. The van der Waals surface area contributed by atoms with E-state index in [0.717, 1.165) is 12.1 Å². The molecule has 6 N–H and O–H groups in total. The van der Waals surface area contributed by atoms with E-state index in [9.17, 15) is 23.1 Å². The number of aromatic nitrogens is 2. The van der Waals surface area contributed by atoms with E-state index in [0.29, 0.717) is 42.4 Å². The number of hydrogen-bond acceptors (Lipinski definition) is 7. The summed E-state index contributed by atoms with van der Waals surface area (Å²) in [5, 5.41) is 33.5. The Morgan fingerprint density at radius 2 is 2.07 bits per heavy atom. The van der Waals surface area contributed by atoms with Crippen molar-refractivity contribution < 1.29 is 28.2 Å². The van der Waals surface area contributed by atoms with Crippen LogP contribution >= 0.6 is 0 Å². The summed E-state index contributed by atoms with van der Waals surface area (Å²) in [6.07, 6.45) is -3.51. The van der Waals surface area contributed by atoms with Crippen molar-refractivity contribution in [2.45, 2.75) is 44.6 Å². The van der Waals surface area contributed by atoms with E-state index in [1.54, 1.807) is 6.92 Å². The molecule has 8 nitrogen and oxygen atoms in total. The Kier molecular flexibility index (Phi) is 6.13. The van der Waals surface area contributed by atoms with Crippen molar-refractivity contribution in [3.8, 4) is 17.0 Å². The van der Waals surface area contributed by atoms with Crippen LogP contribution in [0.15, 0.2) is 18.2 Å². The lowest BCUT2D eigenvalue weighted by molar-refractivity contribution is -0.140. The first kappa shape index (κ1) is 21.8. The number of phenols is 1. The molecule has 30 heavy (non-hydrogen) atoms. The van der Waals surface area contributed by atoms with Gasteiger partial charge in [-0.2, -0.15) is 13.2 Å². The number of anilines is 1. The van der Waals surface area contributed by atoms with Crippen LogP contribution in [0.2, 0.25) is 0 Å². The van der Waals surface area contributed by atoms with Crippen molar-refractivity contribution in [3.05, 3.63) is 34.9 Å². The molecule has 1 aromatic heterocycles. The summed E-state index contributed by atoms with van der Waals surface area (Å²) in [6.45, 7) is 2.22. The van der Waals surface area contributed by atoms with Crippen molar-refractivity contribution >= 4 is 11.8 Å². The molecule has 0 amide bonds. The predicted octanol–water partition coefficient (Wildman–Crippen LogP) is 2.25. The average Bonchev–Trinajstić information content (AvgIpc) is 2.68. The van der Waals surface area contributed by atoms with Gasteiger partial charge < -0.3 is 26.6 Å². The largest absolute Gasteiger partial charge is 0.507 e. The Morgan fingerprint density at radius 1 is 1.33 bits per heavy atom. The maximum Gasteiger partial charge on any atom is 0.416 e. The Morgan fingerprint density at radius 3 is 2.60 bits per heavy atom. The lowest BCUT2D eigenvalue weighted by Crippen LogP contribution is -2.48. The van der Waals surface area contributed by atoms with Crippen LogP contribution in [0.3, 0.4) is 0 Å². The molecule has 1 aliphatic heterocycles. The topological polar surface area (TPSA) is 133 Å². The van der Waals surface area contributed by atoms with Gasteiger partial charge in [-0.3, -0.25) is 4.79 Å². The van der Waals surface area contributed by atoms with Crippen LogP contribution in [0.1, 0.15) is 29.5 Å². The third-order valence-corrected chi connectivity index (χ3v) is 5.18. The van der Waals surface area contributed by atoms with Gasteiger partial charge in [-0.25, -0.2) is 0 Å². The molecule has 162 valence electrons. The van der Waals surface area contributed by atoms with Crippen LogP contribution in [0.5, 0.6) is 5.75 Å². The second-order valence-corrected chi connectivity index (χ2v) is 7.15. The lowest BCUT2D eigenvalue weighted by Gasteiger charge is -2.29. The van der Waals surface area contributed by atoms with E-state index >= 15 is 0 Å². The molecular formula is C19H22F3N5O3. The highest BCUT2D eigenvalue weighted by Crippen LogP contribution is 2.37. The monoisotopic (exact) mass is 425 g/mol. The number of aliphatic carboxylic acids is 1. The van der Waals surface area contributed by atoms with E-state index in [1.807, 2.05) is 0 Å². The van der Waals surface area contributed by atoms with Crippen molar-refractivity contribution in [1.29, 1.82) is 0 Å². The molecule has 0 saturated carbocycles. The molecule has 0 aliphatic carbocycles. The molecule has 1 fully saturated rings. The number of hydrogen-bond donors (Lipinski definition) is 5. The van der Waals surface area contributed by atoms with Crippen LogP contribution in [0.4, 0.5) is 19.0 Å². The molecule has 2 atom stereocenters. The van der Waals surface area contributed by atoms with Gasteiger partial charge in [0.25, 0.3) is 0 Å². The van der Waals surface area contributed by atoms with Gasteiger partial charge in [-0.15, -0.1) is 10.2 Å². The maximum absolute atomic E-state index is 12.8. The fourth-order valence-electron chi connectivity index (χ4n) is 3.47. The zero-order valence-electron chi connectivity index (χ0n) is 16.1. The van der Waals surface area contributed by atoms with E-state index in [-0.39, 0.29) is 23.8 Å². The molecule has 0 unspecified atom stereocenters. The number of benzene rings is 1. The van der Waals surface area contributed by atoms with E-state index < -0.39 is 29.5 Å². The standard InChI is InChI=1S/C19H22F3N5O3/c1-9-13(7-23)17(25-11-3-5-14(18(29)30)24-8-11)27-26-16(9)12-4-2-10(6-15(12)28)19(20,21)22/h2,4,6,11,14,24,28H,3,5,7-8,23H2,1H3,(H,25,27)(H,29,30)/t11-,14-/m1/s1. The summed E-state index contributed by atoms with van der Waals surface area (Å²) in [7, 11) is 0. The minimum Gasteiger partial charge on any atom is -0.507 e. The highest BCUT2D eigenvalue weighted by Gasteiger charge is 2.32. The number of carboxylic acid groups (broad SMARTS) is 1. The minimum absolute atomic E-state index is 0.0788. The van der Waals surface area contributed by atoms with Gasteiger partial charge >= 0.3 is 12.1 Å². The molecule has 1 aliphatic rings. The van der Waals surface area contributed by atoms with Crippen molar-refractivity contribution in [1.82, 2.24) is 15.5 Å². The van der Waals surface area contributed by atoms with E-state index in [2.05, 4.69) is 20.8 Å². The fourth-order valence-corrected chi connectivity index (χ4v) is 3.47. The molecule has 0 spiro atoms. The molecule has 0 bridgehead atoms. The van der Waals surface area contributed by atoms with Gasteiger partial charge in [-0.05, 0) is 43.5 Å². The zero-order valence-corrected chi connectivity index (χ0v) is 16.1. The first-order valence-electron chi connectivity index (χ1n) is 9.31. The summed E-state index contributed by atoms with van der Waals surface area (Å²) in [6, 6.07) is 2.01. The second-order valence-electron chi connectivity index (χ2n) is 7.15. The van der Waals surface area contributed by atoms with Gasteiger partial charge in [0.1, 0.15) is 17.5 Å². The highest BCUT2D eigenvalue weighted by molar-refractivity contribution is 5.74. The van der Waals surface area contributed by atoms with Crippen molar-refractivity contribution in [2.24, 2.45) is 5.73 Å². The number of nitrogens with two attached hydrogens (primary N) is 1. The molecule has 2 heterocycles. The summed E-state index contributed by atoms with van der Waals surface area (Å²) in [5.74, 6) is -1.03. The maximum atomic E-state index is 12.8. The average molecular weight is 425 g/mol. The minimum atomic E-state index is -4.57. The normalized spacial score (nSPS) is 19.5. The number of carboxylic acids is 1. The van der Waals surface area contributed by atoms with Crippen molar-refractivity contribution in [2.75, 3.05) is 11.9 Å². The van der Waals surface area contributed by atoms with Gasteiger partial charge in [0.05, 0.1) is 5.56 Å². The predicted molar refractivity (Wildman–Crippen MR) is 103 cm³/mol. The number of nitrogens with one attached hydrogen (secondary N) is 2. The number of rotatable bonds is 5. The molecule has 11 heteroatoms. The van der Waals surface area contributed by atoms with E-state index in [4.69, 9.17) is 10.8 Å². The van der Waals surface area contributed by atoms with Crippen LogP contribution in [0.25, 0.3) is 11.3 Å². The Labute approximate surface area is 170 Å². The fraction of sp³-hybridized carbons (Fsp3) is 0.421. The zero-order chi connectivity index (χ0) is 22.1. The number of aromatic hydroxyl groups is 1. The van der Waals surface area contributed by atoms with Crippen molar-refractivity contribution in [3.63, 3.8) is 0 Å². The summed E-state index contributed by atoms with van der Waals surface area (Å²) in [4.78, 5) is 11.0. The molecule has 1 aromatic carbocycles. The van der Waals surface area contributed by atoms with Gasteiger partial charge in [0.2, 0.25) is 0 Å². The quantitative estimate of drug-likeness (QED) is 0.493.